The third kappa shape index (κ3) is 4.43. The van der Waals surface area contributed by atoms with Crippen LogP contribution in [-0.4, -0.2) is 20.7 Å². The van der Waals surface area contributed by atoms with Gasteiger partial charge in [-0.3, -0.25) is 4.79 Å². The molecule has 0 spiro atoms. The number of anilines is 1. The maximum atomic E-state index is 14.3. The van der Waals surface area contributed by atoms with Crippen molar-refractivity contribution in [2.75, 3.05) is 5.32 Å². The number of nitrogens with one attached hydrogen (secondary N) is 1. The molecule has 1 N–H and O–H groups in total. The average Bonchev–Trinajstić information content (AvgIpc) is 2.94. The number of halogens is 3. The summed E-state index contributed by atoms with van der Waals surface area (Å²) >= 11 is 11.9. The lowest BCUT2D eigenvalue weighted by atomic mass is 10.1. The van der Waals surface area contributed by atoms with Crippen LogP contribution in [0.5, 0.6) is 0 Å². The number of fused-ring (bicyclic) bond motifs is 1. The summed E-state index contributed by atoms with van der Waals surface area (Å²) in [5.74, 6) is 0.792. The van der Waals surface area contributed by atoms with E-state index in [-0.39, 0.29) is 18.0 Å². The number of amides is 1. The predicted molar refractivity (Wildman–Crippen MR) is 112 cm³/mol. The number of aryl methyl sites for hydroxylation is 1. The Morgan fingerprint density at radius 1 is 1.07 bits per heavy atom. The SMILES string of the molecule is O=C(Cc1ccc(Cl)c(Cl)c1)Nc1cc(-c2nnc3n2CCCCC3)ccc1F. The van der Waals surface area contributed by atoms with Crippen LogP contribution in [0.25, 0.3) is 11.4 Å². The molecule has 0 bridgehead atoms. The molecule has 2 heterocycles. The second-order valence-corrected chi connectivity index (χ2v) is 7.88. The van der Waals surface area contributed by atoms with Gasteiger partial charge < -0.3 is 9.88 Å². The summed E-state index contributed by atoms with van der Waals surface area (Å²) in [6, 6.07) is 9.57. The first-order valence-electron chi connectivity index (χ1n) is 9.47. The number of rotatable bonds is 4. The van der Waals surface area contributed by atoms with Crippen LogP contribution in [0.4, 0.5) is 10.1 Å². The highest BCUT2D eigenvalue weighted by Gasteiger charge is 2.18. The van der Waals surface area contributed by atoms with Crippen molar-refractivity contribution in [1.82, 2.24) is 14.8 Å². The Bertz CT molecular complexity index is 1070. The van der Waals surface area contributed by atoms with Gasteiger partial charge in [-0.2, -0.15) is 0 Å². The fourth-order valence-electron chi connectivity index (χ4n) is 3.49. The number of carbonyl (C=O) groups is 1. The summed E-state index contributed by atoms with van der Waals surface area (Å²) < 4.78 is 16.4. The molecule has 0 radical (unpaired) electrons. The molecule has 0 atom stereocenters. The Hall–Kier alpha value is -2.44. The van der Waals surface area contributed by atoms with Crippen LogP contribution in [0.1, 0.15) is 30.7 Å². The molecule has 29 heavy (non-hydrogen) atoms. The molecule has 0 saturated heterocycles. The van der Waals surface area contributed by atoms with E-state index in [1.807, 2.05) is 0 Å². The normalized spacial score (nSPS) is 13.6. The minimum atomic E-state index is -0.508. The molecular weight excluding hydrogens is 414 g/mol. The Morgan fingerprint density at radius 2 is 1.93 bits per heavy atom. The maximum absolute atomic E-state index is 14.3. The van der Waals surface area contributed by atoms with Crippen LogP contribution in [0.15, 0.2) is 36.4 Å². The Morgan fingerprint density at radius 3 is 2.76 bits per heavy atom. The fourth-order valence-corrected chi connectivity index (χ4v) is 3.81. The topological polar surface area (TPSA) is 59.8 Å². The highest BCUT2D eigenvalue weighted by atomic mass is 35.5. The average molecular weight is 433 g/mol. The molecule has 3 aromatic rings. The molecule has 1 aliphatic rings. The fraction of sp³-hybridized carbons (Fsp3) is 0.286. The van der Waals surface area contributed by atoms with E-state index in [1.165, 1.54) is 6.07 Å². The number of carbonyl (C=O) groups excluding carboxylic acids is 1. The van der Waals surface area contributed by atoms with Crippen LogP contribution >= 0.6 is 23.2 Å². The van der Waals surface area contributed by atoms with Crippen molar-refractivity contribution >= 4 is 34.8 Å². The zero-order chi connectivity index (χ0) is 20.4. The lowest BCUT2D eigenvalue weighted by Gasteiger charge is -2.11. The van der Waals surface area contributed by atoms with Crippen LogP contribution in [0, 0.1) is 5.82 Å². The van der Waals surface area contributed by atoms with Crippen molar-refractivity contribution in [2.24, 2.45) is 0 Å². The van der Waals surface area contributed by atoms with Crippen molar-refractivity contribution in [2.45, 2.75) is 38.6 Å². The van der Waals surface area contributed by atoms with Gasteiger partial charge in [-0.05, 0) is 48.7 Å². The molecule has 4 rings (SSSR count). The first kappa shape index (κ1) is 19.9. The molecule has 5 nitrogen and oxygen atoms in total. The van der Waals surface area contributed by atoms with Crippen LogP contribution in [0.3, 0.4) is 0 Å². The minimum Gasteiger partial charge on any atom is -0.323 e. The van der Waals surface area contributed by atoms with Crippen molar-refractivity contribution in [1.29, 1.82) is 0 Å². The van der Waals surface area contributed by atoms with Gasteiger partial charge in [0, 0.05) is 18.5 Å². The third-order valence-corrected chi connectivity index (χ3v) is 5.70. The molecular formula is C21H19Cl2FN4O. The van der Waals surface area contributed by atoms with Crippen LogP contribution in [-0.2, 0) is 24.2 Å². The second-order valence-electron chi connectivity index (χ2n) is 7.07. The van der Waals surface area contributed by atoms with Crippen LogP contribution in [0.2, 0.25) is 10.0 Å². The highest BCUT2D eigenvalue weighted by molar-refractivity contribution is 6.42. The van der Waals surface area contributed by atoms with E-state index in [9.17, 15) is 9.18 Å². The molecule has 0 aliphatic carbocycles. The first-order chi connectivity index (χ1) is 14.0. The number of hydrogen-bond donors (Lipinski definition) is 1. The van der Waals surface area contributed by atoms with Gasteiger partial charge in [-0.1, -0.05) is 35.7 Å². The van der Waals surface area contributed by atoms with Crippen molar-refractivity contribution in [3.8, 4) is 11.4 Å². The predicted octanol–water partition coefficient (Wildman–Crippen LogP) is 5.30. The van der Waals surface area contributed by atoms with E-state index in [4.69, 9.17) is 23.2 Å². The van der Waals surface area contributed by atoms with E-state index in [2.05, 4.69) is 20.1 Å². The van der Waals surface area contributed by atoms with Gasteiger partial charge in [0.25, 0.3) is 0 Å². The van der Waals surface area contributed by atoms with Crippen molar-refractivity contribution in [3.63, 3.8) is 0 Å². The summed E-state index contributed by atoms with van der Waals surface area (Å²) in [5.41, 5.74) is 1.52. The van der Waals surface area contributed by atoms with E-state index < -0.39 is 5.82 Å². The first-order valence-corrected chi connectivity index (χ1v) is 10.2. The molecule has 0 unspecified atom stereocenters. The molecule has 1 amide bonds. The van der Waals surface area contributed by atoms with E-state index in [0.717, 1.165) is 43.6 Å². The molecule has 1 aliphatic heterocycles. The minimum absolute atomic E-state index is 0.0564. The quantitative estimate of drug-likeness (QED) is 0.608. The van der Waals surface area contributed by atoms with Gasteiger partial charge in [0.1, 0.15) is 11.6 Å². The lowest BCUT2D eigenvalue weighted by molar-refractivity contribution is -0.115. The van der Waals surface area contributed by atoms with Gasteiger partial charge in [-0.25, -0.2) is 4.39 Å². The zero-order valence-corrected chi connectivity index (χ0v) is 17.1. The molecule has 0 fully saturated rings. The summed E-state index contributed by atoms with van der Waals surface area (Å²) in [6.07, 6.45) is 4.26. The maximum Gasteiger partial charge on any atom is 0.228 e. The van der Waals surface area contributed by atoms with E-state index in [1.54, 1.807) is 30.3 Å². The van der Waals surface area contributed by atoms with Crippen molar-refractivity contribution in [3.05, 3.63) is 63.6 Å². The lowest BCUT2D eigenvalue weighted by Crippen LogP contribution is -2.15. The highest BCUT2D eigenvalue weighted by Crippen LogP contribution is 2.27. The van der Waals surface area contributed by atoms with Gasteiger partial charge in [0.15, 0.2) is 5.82 Å². The summed E-state index contributed by atoms with van der Waals surface area (Å²) in [5, 5.41) is 12.0. The number of hydrogen-bond acceptors (Lipinski definition) is 3. The molecule has 1 aromatic heterocycles. The summed E-state index contributed by atoms with van der Waals surface area (Å²) in [6.45, 7) is 0.841. The van der Waals surface area contributed by atoms with E-state index >= 15 is 0 Å². The summed E-state index contributed by atoms with van der Waals surface area (Å²) in [4.78, 5) is 12.4. The zero-order valence-electron chi connectivity index (χ0n) is 15.6. The van der Waals surface area contributed by atoms with Gasteiger partial charge in [0.05, 0.1) is 22.2 Å². The molecule has 0 saturated carbocycles. The Kier molecular flexibility index (Phi) is 5.83. The number of nitrogens with zero attached hydrogens (tertiary/aromatic N) is 3. The standard InChI is InChI=1S/C21H19Cl2FN4O/c22-15-7-5-13(10-16(15)23)11-20(29)25-18-12-14(6-8-17(18)24)21-27-26-19-4-2-1-3-9-28(19)21/h5-8,10,12H,1-4,9,11H2,(H,25,29). The van der Waals surface area contributed by atoms with E-state index in [0.29, 0.717) is 21.4 Å². The molecule has 2 aromatic carbocycles. The number of aromatic nitrogens is 3. The second kappa shape index (κ2) is 8.51. The molecule has 8 heteroatoms. The smallest absolute Gasteiger partial charge is 0.228 e. The third-order valence-electron chi connectivity index (χ3n) is 4.96. The van der Waals surface area contributed by atoms with Gasteiger partial charge in [-0.15, -0.1) is 10.2 Å². The monoisotopic (exact) mass is 432 g/mol. The van der Waals surface area contributed by atoms with Crippen molar-refractivity contribution < 1.29 is 9.18 Å². The Labute approximate surface area is 177 Å². The number of benzene rings is 2. The van der Waals surface area contributed by atoms with Crippen LogP contribution < -0.4 is 5.32 Å². The largest absolute Gasteiger partial charge is 0.323 e. The van der Waals surface area contributed by atoms with Gasteiger partial charge in [0.2, 0.25) is 5.91 Å². The van der Waals surface area contributed by atoms with Gasteiger partial charge >= 0.3 is 0 Å². The summed E-state index contributed by atoms with van der Waals surface area (Å²) in [7, 11) is 0. The Balaban J connectivity index is 1.55. The molecule has 150 valence electrons.